The zero-order valence-electron chi connectivity index (χ0n) is 12.9. The first-order chi connectivity index (χ1) is 9.06. The van der Waals surface area contributed by atoms with Crippen LogP contribution in [-0.2, 0) is 13.5 Å². The summed E-state index contributed by atoms with van der Waals surface area (Å²) in [5.74, 6) is 1.12. The van der Waals surface area contributed by atoms with Gasteiger partial charge in [0.25, 0.3) is 0 Å². The molecule has 0 radical (unpaired) electrons. The van der Waals surface area contributed by atoms with Crippen LogP contribution in [0.4, 0.5) is 11.5 Å². The Balaban J connectivity index is 2.16. The molecule has 0 bridgehead atoms. The lowest BCUT2D eigenvalue weighted by Crippen LogP contribution is -2.40. The molecule has 0 aromatic carbocycles. The van der Waals surface area contributed by atoms with E-state index in [0.29, 0.717) is 5.41 Å². The van der Waals surface area contributed by atoms with Gasteiger partial charge in [0, 0.05) is 20.1 Å². The summed E-state index contributed by atoms with van der Waals surface area (Å²) in [6.45, 7) is 8.97. The highest BCUT2D eigenvalue weighted by atomic mass is 15.4. The quantitative estimate of drug-likeness (QED) is 0.909. The van der Waals surface area contributed by atoms with E-state index in [1.54, 1.807) is 0 Å². The largest absolute Gasteiger partial charge is 0.394 e. The Bertz CT molecular complexity index is 422. The lowest BCUT2D eigenvalue weighted by molar-refractivity contribution is 0.199. The molecule has 0 spiro atoms. The predicted molar refractivity (Wildman–Crippen MR) is 81.5 cm³/mol. The van der Waals surface area contributed by atoms with Crippen LogP contribution in [0.3, 0.4) is 0 Å². The van der Waals surface area contributed by atoms with E-state index in [-0.39, 0.29) is 0 Å². The molecule has 0 amide bonds. The van der Waals surface area contributed by atoms with Crippen LogP contribution in [0.1, 0.15) is 52.1 Å². The topological polar surface area (TPSA) is 47.1 Å². The summed E-state index contributed by atoms with van der Waals surface area (Å²) in [5, 5.41) is 4.53. The summed E-state index contributed by atoms with van der Waals surface area (Å²) in [6.07, 6.45) is 6.02. The predicted octanol–water partition coefficient (Wildman–Crippen LogP) is 2.97. The van der Waals surface area contributed by atoms with Crippen LogP contribution in [-0.4, -0.2) is 22.9 Å². The van der Waals surface area contributed by atoms with Crippen LogP contribution >= 0.6 is 0 Å². The number of hydrogen-bond donors (Lipinski definition) is 1. The van der Waals surface area contributed by atoms with E-state index < -0.39 is 0 Å². The minimum Gasteiger partial charge on any atom is -0.394 e. The lowest BCUT2D eigenvalue weighted by atomic mass is 9.74. The fourth-order valence-electron chi connectivity index (χ4n) is 3.37. The molecule has 1 aliphatic heterocycles. The highest BCUT2D eigenvalue weighted by Gasteiger charge is 2.33. The molecule has 1 saturated heterocycles. The average Bonchev–Trinajstić information content (AvgIpc) is 2.74. The summed E-state index contributed by atoms with van der Waals surface area (Å²) in [4.78, 5) is 2.42. The summed E-state index contributed by atoms with van der Waals surface area (Å²) >= 11 is 0. The Morgan fingerprint density at radius 1 is 1.16 bits per heavy atom. The number of nitrogen functional groups attached to an aromatic ring is 1. The molecule has 2 heterocycles. The molecule has 4 nitrogen and oxygen atoms in total. The number of aryl methyl sites for hydroxylation is 2. The van der Waals surface area contributed by atoms with E-state index >= 15 is 0 Å². The number of anilines is 2. The van der Waals surface area contributed by atoms with Crippen LogP contribution in [0.5, 0.6) is 0 Å². The molecule has 108 valence electrons. The Kier molecular flexibility index (Phi) is 4.07. The Morgan fingerprint density at radius 2 is 1.74 bits per heavy atom. The fourth-order valence-corrected chi connectivity index (χ4v) is 3.37. The van der Waals surface area contributed by atoms with Gasteiger partial charge in [0.2, 0.25) is 0 Å². The average molecular weight is 264 g/mol. The summed E-state index contributed by atoms with van der Waals surface area (Å²) in [5.41, 5.74) is 8.71. The highest BCUT2D eigenvalue weighted by Crippen LogP contribution is 2.40. The van der Waals surface area contributed by atoms with Crippen molar-refractivity contribution in [3.8, 4) is 0 Å². The van der Waals surface area contributed by atoms with Gasteiger partial charge in [-0.1, -0.05) is 33.6 Å². The normalized spacial score (nSPS) is 18.8. The van der Waals surface area contributed by atoms with Gasteiger partial charge < -0.3 is 10.6 Å². The van der Waals surface area contributed by atoms with Crippen molar-refractivity contribution in [3.05, 3.63) is 5.69 Å². The molecule has 2 rings (SSSR count). The number of piperidine rings is 1. The van der Waals surface area contributed by atoms with Crippen molar-refractivity contribution < 1.29 is 0 Å². The van der Waals surface area contributed by atoms with Gasteiger partial charge in [-0.2, -0.15) is 5.10 Å². The molecule has 0 atom stereocenters. The van der Waals surface area contributed by atoms with Gasteiger partial charge in [0.15, 0.2) is 0 Å². The second-order valence-corrected chi connectivity index (χ2v) is 5.86. The molecule has 4 heteroatoms. The van der Waals surface area contributed by atoms with Crippen molar-refractivity contribution in [2.24, 2.45) is 12.5 Å². The number of rotatable bonds is 4. The van der Waals surface area contributed by atoms with Gasteiger partial charge in [0.1, 0.15) is 5.82 Å². The van der Waals surface area contributed by atoms with Crippen LogP contribution in [0.15, 0.2) is 0 Å². The molecular formula is C15H28N4. The van der Waals surface area contributed by atoms with Crippen molar-refractivity contribution in [2.75, 3.05) is 23.7 Å². The second-order valence-electron chi connectivity index (χ2n) is 5.86. The van der Waals surface area contributed by atoms with Crippen molar-refractivity contribution in [1.29, 1.82) is 0 Å². The third kappa shape index (κ3) is 2.45. The van der Waals surface area contributed by atoms with E-state index in [2.05, 4.69) is 30.8 Å². The Morgan fingerprint density at radius 3 is 2.16 bits per heavy atom. The van der Waals surface area contributed by atoms with Gasteiger partial charge >= 0.3 is 0 Å². The molecule has 1 aromatic heterocycles. The highest BCUT2D eigenvalue weighted by molar-refractivity contribution is 5.66. The number of nitrogens with zero attached hydrogens (tertiary/aromatic N) is 3. The summed E-state index contributed by atoms with van der Waals surface area (Å²) in [7, 11) is 2.01. The smallest absolute Gasteiger partial charge is 0.150 e. The standard InChI is InChI=1S/C15H28N4/c1-5-12-13(16)14(18(4)17-12)19-10-8-15(6-2,7-3)9-11-19/h5-11,16H2,1-4H3. The van der Waals surface area contributed by atoms with Crippen molar-refractivity contribution in [2.45, 2.75) is 52.9 Å². The van der Waals surface area contributed by atoms with Crippen molar-refractivity contribution in [1.82, 2.24) is 9.78 Å². The maximum absolute atomic E-state index is 6.25. The molecule has 1 aromatic rings. The molecular weight excluding hydrogens is 236 g/mol. The van der Waals surface area contributed by atoms with Crippen LogP contribution < -0.4 is 10.6 Å². The van der Waals surface area contributed by atoms with E-state index in [1.165, 1.54) is 25.7 Å². The van der Waals surface area contributed by atoms with Crippen molar-refractivity contribution in [3.63, 3.8) is 0 Å². The minimum absolute atomic E-state index is 0.553. The maximum atomic E-state index is 6.25. The minimum atomic E-state index is 0.553. The van der Waals surface area contributed by atoms with Crippen molar-refractivity contribution >= 4 is 11.5 Å². The van der Waals surface area contributed by atoms with E-state index in [9.17, 15) is 0 Å². The lowest BCUT2D eigenvalue weighted by Gasteiger charge is -2.41. The third-order valence-corrected chi connectivity index (χ3v) is 5.09. The summed E-state index contributed by atoms with van der Waals surface area (Å²) in [6, 6.07) is 0. The molecule has 0 aliphatic carbocycles. The van der Waals surface area contributed by atoms with Gasteiger partial charge in [-0.3, -0.25) is 4.68 Å². The SMILES string of the molecule is CCc1nn(C)c(N2CCC(CC)(CC)CC2)c1N. The van der Waals surface area contributed by atoms with Gasteiger partial charge in [-0.25, -0.2) is 0 Å². The third-order valence-electron chi connectivity index (χ3n) is 5.09. The van der Waals surface area contributed by atoms with E-state index in [1.807, 2.05) is 11.7 Å². The van der Waals surface area contributed by atoms with Crippen LogP contribution in [0.25, 0.3) is 0 Å². The first-order valence-electron chi connectivity index (χ1n) is 7.63. The number of aromatic nitrogens is 2. The molecule has 1 aliphatic rings. The first kappa shape index (κ1) is 14.2. The Labute approximate surface area is 117 Å². The van der Waals surface area contributed by atoms with Gasteiger partial charge in [0.05, 0.1) is 11.4 Å². The molecule has 19 heavy (non-hydrogen) atoms. The Hall–Kier alpha value is -1.19. The molecule has 0 saturated carbocycles. The molecule has 1 fully saturated rings. The first-order valence-corrected chi connectivity index (χ1v) is 7.63. The van der Waals surface area contributed by atoms with Crippen LogP contribution in [0, 0.1) is 5.41 Å². The zero-order chi connectivity index (χ0) is 14.0. The molecule has 2 N–H and O–H groups in total. The number of nitrogens with two attached hydrogens (primary N) is 1. The van der Waals surface area contributed by atoms with Gasteiger partial charge in [-0.15, -0.1) is 0 Å². The zero-order valence-corrected chi connectivity index (χ0v) is 12.9. The van der Waals surface area contributed by atoms with Crippen LogP contribution in [0.2, 0.25) is 0 Å². The summed E-state index contributed by atoms with van der Waals surface area (Å²) < 4.78 is 1.96. The van der Waals surface area contributed by atoms with Gasteiger partial charge in [-0.05, 0) is 24.7 Å². The fraction of sp³-hybridized carbons (Fsp3) is 0.800. The monoisotopic (exact) mass is 264 g/mol. The van der Waals surface area contributed by atoms with E-state index in [0.717, 1.165) is 36.7 Å². The van der Waals surface area contributed by atoms with E-state index in [4.69, 9.17) is 5.73 Å². The number of hydrogen-bond acceptors (Lipinski definition) is 3. The molecule has 0 unspecified atom stereocenters. The second kappa shape index (κ2) is 5.43. The maximum Gasteiger partial charge on any atom is 0.150 e.